The molecule has 0 saturated carbocycles. The third-order valence-corrected chi connectivity index (χ3v) is 3.69. The second kappa shape index (κ2) is 5.84. The smallest absolute Gasteiger partial charge is 0.222 e. The van der Waals surface area contributed by atoms with Crippen molar-refractivity contribution in [2.45, 2.75) is 6.42 Å². The monoisotopic (exact) mass is 261 g/mol. The lowest BCUT2D eigenvalue weighted by molar-refractivity contribution is -0.129. The van der Waals surface area contributed by atoms with Crippen LogP contribution in [-0.4, -0.2) is 36.3 Å². The van der Waals surface area contributed by atoms with E-state index >= 15 is 0 Å². The van der Waals surface area contributed by atoms with Gasteiger partial charge in [0.25, 0.3) is 0 Å². The van der Waals surface area contributed by atoms with Crippen LogP contribution in [0.4, 0.5) is 0 Å². The molecule has 1 aromatic carbocycles. The zero-order valence-electron chi connectivity index (χ0n) is 10.8. The van der Waals surface area contributed by atoms with Crippen molar-refractivity contribution in [2.75, 3.05) is 19.6 Å². The van der Waals surface area contributed by atoms with Gasteiger partial charge in [-0.1, -0.05) is 30.3 Å². The van der Waals surface area contributed by atoms with Gasteiger partial charge in [-0.05, 0) is 12.0 Å². The number of carbonyl (C=O) groups is 2. The lowest BCUT2D eigenvalue weighted by Crippen LogP contribution is -2.36. The van der Waals surface area contributed by atoms with Crippen LogP contribution >= 0.6 is 0 Å². The molecular formula is C14H19N3O2. The van der Waals surface area contributed by atoms with Crippen molar-refractivity contribution >= 4 is 11.8 Å². The number of hydrogen-bond donors (Lipinski definition) is 2. The Morgan fingerprint density at radius 2 is 1.58 bits per heavy atom. The molecule has 2 amide bonds. The van der Waals surface area contributed by atoms with Gasteiger partial charge >= 0.3 is 0 Å². The third-order valence-electron chi connectivity index (χ3n) is 3.69. The van der Waals surface area contributed by atoms with Crippen LogP contribution < -0.4 is 11.5 Å². The first kappa shape index (κ1) is 13.5. The molecule has 1 aliphatic rings. The summed E-state index contributed by atoms with van der Waals surface area (Å²) < 4.78 is 0. The molecule has 1 aromatic rings. The fourth-order valence-corrected chi connectivity index (χ4v) is 2.58. The Labute approximate surface area is 112 Å². The first-order valence-electron chi connectivity index (χ1n) is 6.43. The lowest BCUT2D eigenvalue weighted by atomic mass is 9.95. The molecule has 2 rings (SSSR count). The highest BCUT2D eigenvalue weighted by Crippen LogP contribution is 2.23. The Bertz CT molecular complexity index is 439. The number of nitrogens with two attached hydrogens (primary N) is 2. The van der Waals surface area contributed by atoms with E-state index in [-0.39, 0.29) is 0 Å². The molecule has 0 radical (unpaired) electrons. The van der Waals surface area contributed by atoms with E-state index in [0.29, 0.717) is 13.1 Å². The molecule has 4 N–H and O–H groups in total. The average Bonchev–Trinajstić information content (AvgIpc) is 2.82. The predicted molar refractivity (Wildman–Crippen MR) is 72.0 cm³/mol. The Morgan fingerprint density at radius 1 is 1.05 bits per heavy atom. The Kier molecular flexibility index (Phi) is 4.16. The summed E-state index contributed by atoms with van der Waals surface area (Å²) in [6.45, 7) is 1.85. The van der Waals surface area contributed by atoms with Gasteiger partial charge in [-0.15, -0.1) is 0 Å². The fourth-order valence-electron chi connectivity index (χ4n) is 2.58. The number of carbonyl (C=O) groups excluding carboxylic acids is 2. The number of primary amides is 2. The molecule has 5 heteroatoms. The van der Waals surface area contributed by atoms with Gasteiger partial charge in [-0.3, -0.25) is 9.59 Å². The zero-order chi connectivity index (χ0) is 13.8. The summed E-state index contributed by atoms with van der Waals surface area (Å²) in [5.74, 6) is -1.78. The maximum Gasteiger partial charge on any atom is 0.222 e. The number of nitrogens with zero attached hydrogens (tertiary/aromatic N) is 1. The van der Waals surface area contributed by atoms with Crippen LogP contribution in [-0.2, 0) is 16.0 Å². The van der Waals surface area contributed by atoms with Crippen molar-refractivity contribution in [3.05, 3.63) is 35.9 Å². The van der Waals surface area contributed by atoms with E-state index in [4.69, 9.17) is 11.5 Å². The van der Waals surface area contributed by atoms with Gasteiger partial charge < -0.3 is 16.4 Å². The Hall–Kier alpha value is -1.88. The van der Waals surface area contributed by atoms with Gasteiger partial charge in [-0.2, -0.15) is 0 Å². The van der Waals surface area contributed by atoms with Gasteiger partial charge in [0.2, 0.25) is 11.8 Å². The topological polar surface area (TPSA) is 89.4 Å². The highest BCUT2D eigenvalue weighted by molar-refractivity contribution is 5.87. The minimum atomic E-state index is -0.451. The maximum absolute atomic E-state index is 11.3. The quantitative estimate of drug-likeness (QED) is 0.765. The molecule has 5 nitrogen and oxygen atoms in total. The van der Waals surface area contributed by atoms with Crippen LogP contribution in [0.3, 0.4) is 0 Å². The molecule has 0 bridgehead atoms. The van der Waals surface area contributed by atoms with Crippen LogP contribution in [0.25, 0.3) is 0 Å². The molecule has 1 heterocycles. The van der Waals surface area contributed by atoms with Crippen LogP contribution in [0, 0.1) is 11.8 Å². The second-order valence-corrected chi connectivity index (χ2v) is 5.01. The zero-order valence-corrected chi connectivity index (χ0v) is 10.8. The number of benzene rings is 1. The number of amides is 2. The number of hydrogen-bond acceptors (Lipinski definition) is 3. The van der Waals surface area contributed by atoms with E-state index in [1.54, 1.807) is 0 Å². The summed E-state index contributed by atoms with van der Waals surface area (Å²) >= 11 is 0. The number of likely N-dealkylation sites (tertiary alicyclic amines) is 1. The van der Waals surface area contributed by atoms with Crippen molar-refractivity contribution in [3.8, 4) is 0 Å². The summed E-state index contributed by atoms with van der Waals surface area (Å²) in [4.78, 5) is 24.7. The standard InChI is InChI=1S/C14H19N3O2/c15-13(18)11-8-17(9-12(11)14(16)19)7-6-10-4-2-1-3-5-10/h1-5,11-12H,6-9H2,(H2,15,18)(H2,16,19). The van der Waals surface area contributed by atoms with Gasteiger partial charge in [-0.25, -0.2) is 0 Å². The molecule has 19 heavy (non-hydrogen) atoms. The predicted octanol–water partition coefficient (Wildman–Crippen LogP) is -0.252. The van der Waals surface area contributed by atoms with Crippen molar-refractivity contribution in [2.24, 2.45) is 23.3 Å². The highest BCUT2D eigenvalue weighted by atomic mass is 16.2. The Morgan fingerprint density at radius 3 is 2.05 bits per heavy atom. The molecular weight excluding hydrogens is 242 g/mol. The van der Waals surface area contributed by atoms with Crippen LogP contribution in [0.5, 0.6) is 0 Å². The van der Waals surface area contributed by atoms with Crippen molar-refractivity contribution in [3.63, 3.8) is 0 Å². The van der Waals surface area contributed by atoms with E-state index in [1.165, 1.54) is 5.56 Å². The number of rotatable bonds is 5. The molecule has 1 fully saturated rings. The minimum Gasteiger partial charge on any atom is -0.369 e. The Balaban J connectivity index is 1.93. The largest absolute Gasteiger partial charge is 0.369 e. The van der Waals surface area contributed by atoms with E-state index < -0.39 is 23.7 Å². The van der Waals surface area contributed by atoms with Crippen molar-refractivity contribution in [1.29, 1.82) is 0 Å². The molecule has 102 valence electrons. The summed E-state index contributed by atoms with van der Waals surface area (Å²) in [5, 5.41) is 0. The molecule has 2 atom stereocenters. The molecule has 1 aliphatic heterocycles. The van der Waals surface area contributed by atoms with E-state index in [0.717, 1.165) is 13.0 Å². The van der Waals surface area contributed by atoms with Gasteiger partial charge in [0, 0.05) is 19.6 Å². The maximum atomic E-state index is 11.3. The van der Waals surface area contributed by atoms with Crippen molar-refractivity contribution in [1.82, 2.24) is 4.90 Å². The molecule has 1 saturated heterocycles. The van der Waals surface area contributed by atoms with Crippen molar-refractivity contribution < 1.29 is 9.59 Å². The first-order chi connectivity index (χ1) is 9.08. The SMILES string of the molecule is NC(=O)C1CN(CCc2ccccc2)CC1C(N)=O. The van der Waals surface area contributed by atoms with E-state index in [9.17, 15) is 9.59 Å². The first-order valence-corrected chi connectivity index (χ1v) is 6.43. The highest BCUT2D eigenvalue weighted by Gasteiger charge is 2.39. The van der Waals surface area contributed by atoms with Crippen LogP contribution in [0.2, 0.25) is 0 Å². The minimum absolute atomic E-state index is 0.439. The second-order valence-electron chi connectivity index (χ2n) is 5.01. The normalized spacial score (nSPS) is 23.4. The fraction of sp³-hybridized carbons (Fsp3) is 0.429. The summed E-state index contributed by atoms with van der Waals surface area (Å²) in [5.41, 5.74) is 11.9. The molecule has 0 aromatic heterocycles. The lowest BCUT2D eigenvalue weighted by Gasteiger charge is -2.14. The molecule has 2 unspecified atom stereocenters. The summed E-state index contributed by atoms with van der Waals surface area (Å²) in [6, 6.07) is 10.1. The molecule has 0 spiro atoms. The van der Waals surface area contributed by atoms with Gasteiger partial charge in [0.15, 0.2) is 0 Å². The molecule has 0 aliphatic carbocycles. The van der Waals surface area contributed by atoms with Gasteiger partial charge in [0.05, 0.1) is 11.8 Å². The van der Waals surface area contributed by atoms with E-state index in [1.807, 2.05) is 18.2 Å². The summed E-state index contributed by atoms with van der Waals surface area (Å²) in [6.07, 6.45) is 0.887. The van der Waals surface area contributed by atoms with Gasteiger partial charge in [0.1, 0.15) is 0 Å². The van der Waals surface area contributed by atoms with Crippen LogP contribution in [0.15, 0.2) is 30.3 Å². The summed E-state index contributed by atoms with van der Waals surface area (Å²) in [7, 11) is 0. The van der Waals surface area contributed by atoms with E-state index in [2.05, 4.69) is 17.0 Å². The average molecular weight is 261 g/mol. The van der Waals surface area contributed by atoms with Crippen LogP contribution in [0.1, 0.15) is 5.56 Å². The third kappa shape index (κ3) is 3.32.